The molecule has 0 unspecified atom stereocenters. The first-order valence-electron chi connectivity index (χ1n) is 4.05. The van der Waals surface area contributed by atoms with Crippen LogP contribution in [0.15, 0.2) is 21.4 Å². The van der Waals surface area contributed by atoms with E-state index in [0.717, 1.165) is 0 Å². The minimum absolute atomic E-state index is 0.176. The van der Waals surface area contributed by atoms with E-state index in [4.69, 9.17) is 10.2 Å². The summed E-state index contributed by atoms with van der Waals surface area (Å²) in [5.74, 6) is -3.71. The van der Waals surface area contributed by atoms with E-state index in [1.165, 1.54) is 12.3 Å². The molecule has 1 aromatic rings. The lowest BCUT2D eigenvalue weighted by atomic mass is 10.3. The molecule has 1 amide bonds. The molecule has 0 saturated carbocycles. The molecule has 1 aromatic heterocycles. The minimum atomic E-state index is -3.09. The maximum absolute atomic E-state index is 12.7. The smallest absolute Gasteiger partial charge is 0.277 e. The van der Waals surface area contributed by atoms with Crippen LogP contribution in [0, 0.1) is 0 Å². The van der Waals surface area contributed by atoms with Crippen LogP contribution in [0.3, 0.4) is 0 Å². The Bertz CT molecular complexity index is 354. The largest absolute Gasteiger partial charge is 0.457 e. The molecule has 1 rings (SSSR count). The van der Waals surface area contributed by atoms with Gasteiger partial charge in [0.15, 0.2) is 4.67 Å². The summed E-state index contributed by atoms with van der Waals surface area (Å²) in [6.07, 6.45) is 1.17. The van der Waals surface area contributed by atoms with Gasteiger partial charge >= 0.3 is 0 Å². The van der Waals surface area contributed by atoms with Crippen LogP contribution in [0.2, 0.25) is 0 Å². The number of hydrogen-bond donors (Lipinski definition) is 2. The van der Waals surface area contributed by atoms with Gasteiger partial charge in [-0.05, 0) is 15.9 Å². The van der Waals surface area contributed by atoms with Crippen molar-refractivity contribution in [3.63, 3.8) is 0 Å². The number of nitrogens with one attached hydrogen (secondary N) is 1. The number of nitrogens with two attached hydrogens (primary N) is 1. The van der Waals surface area contributed by atoms with Crippen LogP contribution in [0.4, 0.5) is 8.78 Å². The van der Waals surface area contributed by atoms with Gasteiger partial charge in [-0.3, -0.25) is 4.79 Å². The second kappa shape index (κ2) is 4.71. The van der Waals surface area contributed by atoms with E-state index in [1.54, 1.807) is 0 Å². The second-order valence-corrected chi connectivity index (χ2v) is 3.66. The topological polar surface area (TPSA) is 68.3 Å². The van der Waals surface area contributed by atoms with Crippen molar-refractivity contribution in [1.82, 2.24) is 5.32 Å². The molecule has 0 aliphatic heterocycles. The first-order chi connectivity index (χ1) is 6.94. The average molecular weight is 283 g/mol. The summed E-state index contributed by atoms with van der Waals surface area (Å²) >= 11 is 2.99. The lowest BCUT2D eigenvalue weighted by molar-refractivity contribution is 0.0118. The van der Waals surface area contributed by atoms with E-state index >= 15 is 0 Å². The third-order valence-corrected chi connectivity index (χ3v) is 2.05. The van der Waals surface area contributed by atoms with E-state index in [2.05, 4.69) is 21.2 Å². The Morgan fingerprint density at radius 2 is 2.33 bits per heavy atom. The molecule has 0 aliphatic rings. The highest BCUT2D eigenvalue weighted by Crippen LogP contribution is 2.14. The number of alkyl halides is 2. The predicted octanol–water partition coefficient (Wildman–Crippen LogP) is 1.37. The maximum atomic E-state index is 12.7. The van der Waals surface area contributed by atoms with Gasteiger partial charge in [0.05, 0.1) is 18.7 Å². The molecule has 84 valence electrons. The van der Waals surface area contributed by atoms with Gasteiger partial charge in [0.25, 0.3) is 11.8 Å². The molecule has 0 aliphatic carbocycles. The van der Waals surface area contributed by atoms with Crippen LogP contribution < -0.4 is 11.1 Å². The molecule has 0 atom stereocenters. The molecule has 3 N–H and O–H groups in total. The second-order valence-electron chi connectivity index (χ2n) is 2.88. The Hall–Kier alpha value is -0.950. The van der Waals surface area contributed by atoms with Crippen molar-refractivity contribution < 1.29 is 18.0 Å². The summed E-state index contributed by atoms with van der Waals surface area (Å²) in [7, 11) is 0. The molecule has 4 nitrogen and oxygen atoms in total. The molecular formula is C8H9BrF2N2O2. The van der Waals surface area contributed by atoms with E-state index in [-0.39, 0.29) is 5.56 Å². The number of rotatable bonds is 4. The van der Waals surface area contributed by atoms with Gasteiger partial charge in [-0.15, -0.1) is 0 Å². The molecule has 0 saturated heterocycles. The van der Waals surface area contributed by atoms with Gasteiger partial charge < -0.3 is 15.5 Å². The molecule has 0 radical (unpaired) electrons. The third-order valence-electron chi connectivity index (χ3n) is 1.64. The summed E-state index contributed by atoms with van der Waals surface area (Å²) < 4.78 is 30.5. The van der Waals surface area contributed by atoms with Gasteiger partial charge in [0.1, 0.15) is 6.26 Å². The van der Waals surface area contributed by atoms with Crippen LogP contribution in [-0.4, -0.2) is 24.9 Å². The Labute approximate surface area is 92.9 Å². The average Bonchev–Trinajstić information content (AvgIpc) is 2.61. The molecule has 0 aromatic carbocycles. The zero-order valence-corrected chi connectivity index (χ0v) is 9.18. The first-order valence-corrected chi connectivity index (χ1v) is 4.84. The predicted molar refractivity (Wildman–Crippen MR) is 52.7 cm³/mol. The van der Waals surface area contributed by atoms with E-state index in [0.29, 0.717) is 4.67 Å². The van der Waals surface area contributed by atoms with Crippen molar-refractivity contribution in [2.75, 3.05) is 13.1 Å². The Morgan fingerprint density at radius 1 is 1.67 bits per heavy atom. The monoisotopic (exact) mass is 282 g/mol. The highest BCUT2D eigenvalue weighted by Gasteiger charge is 2.27. The minimum Gasteiger partial charge on any atom is -0.457 e. The zero-order valence-electron chi connectivity index (χ0n) is 7.60. The number of carbonyl (C=O) groups is 1. The number of hydrogen-bond acceptors (Lipinski definition) is 3. The lowest BCUT2D eigenvalue weighted by Crippen LogP contribution is -2.41. The highest BCUT2D eigenvalue weighted by atomic mass is 79.9. The molecule has 15 heavy (non-hydrogen) atoms. The van der Waals surface area contributed by atoms with Gasteiger partial charge in [-0.2, -0.15) is 0 Å². The Kier molecular flexibility index (Phi) is 3.81. The van der Waals surface area contributed by atoms with Crippen molar-refractivity contribution in [2.24, 2.45) is 5.73 Å². The van der Waals surface area contributed by atoms with E-state index < -0.39 is 24.9 Å². The van der Waals surface area contributed by atoms with Crippen molar-refractivity contribution in [3.05, 3.63) is 22.6 Å². The van der Waals surface area contributed by atoms with Gasteiger partial charge in [-0.25, -0.2) is 8.78 Å². The van der Waals surface area contributed by atoms with Crippen LogP contribution in [0.1, 0.15) is 10.4 Å². The van der Waals surface area contributed by atoms with Crippen molar-refractivity contribution in [1.29, 1.82) is 0 Å². The quantitative estimate of drug-likeness (QED) is 0.876. The van der Waals surface area contributed by atoms with Crippen LogP contribution in [-0.2, 0) is 0 Å². The number of halogens is 3. The van der Waals surface area contributed by atoms with Gasteiger partial charge in [-0.1, -0.05) is 0 Å². The molecular weight excluding hydrogens is 274 g/mol. The summed E-state index contributed by atoms with van der Waals surface area (Å²) in [5, 5.41) is 2.05. The molecule has 7 heteroatoms. The van der Waals surface area contributed by atoms with Crippen LogP contribution >= 0.6 is 15.9 Å². The van der Waals surface area contributed by atoms with Crippen LogP contribution in [0.25, 0.3) is 0 Å². The summed E-state index contributed by atoms with van der Waals surface area (Å²) in [5.41, 5.74) is 4.98. The third kappa shape index (κ3) is 3.60. The van der Waals surface area contributed by atoms with E-state index in [9.17, 15) is 13.6 Å². The fourth-order valence-corrected chi connectivity index (χ4v) is 1.15. The Balaban J connectivity index is 2.50. The highest BCUT2D eigenvalue weighted by molar-refractivity contribution is 9.10. The Morgan fingerprint density at radius 3 is 2.80 bits per heavy atom. The van der Waals surface area contributed by atoms with Gasteiger partial charge in [0.2, 0.25) is 0 Å². The summed E-state index contributed by atoms with van der Waals surface area (Å²) in [6.45, 7) is -1.59. The normalized spacial score (nSPS) is 11.5. The van der Waals surface area contributed by atoms with E-state index in [1.807, 2.05) is 0 Å². The maximum Gasteiger partial charge on any atom is 0.277 e. The SMILES string of the molecule is NCC(F)(F)CNC(=O)c1coc(Br)c1. The number of furan rings is 1. The molecule has 0 fully saturated rings. The number of amides is 1. The standard InChI is InChI=1S/C8H9BrF2N2O2/c9-6-1-5(2-15-6)7(14)13-4-8(10,11)3-12/h1-2H,3-4,12H2,(H,13,14). The van der Waals surface area contributed by atoms with Crippen LogP contribution in [0.5, 0.6) is 0 Å². The first kappa shape index (κ1) is 12.1. The summed E-state index contributed by atoms with van der Waals surface area (Å²) in [6, 6.07) is 1.38. The van der Waals surface area contributed by atoms with Crippen molar-refractivity contribution in [3.8, 4) is 0 Å². The fraction of sp³-hybridized carbons (Fsp3) is 0.375. The van der Waals surface area contributed by atoms with Crippen molar-refractivity contribution in [2.45, 2.75) is 5.92 Å². The molecule has 0 bridgehead atoms. The zero-order chi connectivity index (χ0) is 11.5. The summed E-state index contributed by atoms with van der Waals surface area (Å²) in [4.78, 5) is 11.3. The molecule has 1 heterocycles. The lowest BCUT2D eigenvalue weighted by Gasteiger charge is -2.13. The van der Waals surface area contributed by atoms with Crippen molar-refractivity contribution >= 4 is 21.8 Å². The number of carbonyl (C=O) groups excluding carboxylic acids is 1. The fourth-order valence-electron chi connectivity index (χ4n) is 0.813. The molecule has 0 spiro atoms. The van der Waals surface area contributed by atoms with Gasteiger partial charge in [0, 0.05) is 6.07 Å².